The third-order valence-electron chi connectivity index (χ3n) is 4.67. The number of benzene rings is 1. The van der Waals surface area contributed by atoms with Crippen molar-refractivity contribution in [2.45, 2.75) is 13.0 Å². The highest BCUT2D eigenvalue weighted by Gasteiger charge is 2.45. The number of Topliss-reactive ketones (excluding diaryl/α,β-unsaturated/α-hetero) is 1. The van der Waals surface area contributed by atoms with Gasteiger partial charge < -0.3 is 9.84 Å². The van der Waals surface area contributed by atoms with E-state index in [9.17, 15) is 19.5 Å². The molecule has 0 bridgehead atoms. The number of hydrogen-bond acceptors (Lipinski definition) is 7. The van der Waals surface area contributed by atoms with E-state index in [1.54, 1.807) is 48.7 Å². The summed E-state index contributed by atoms with van der Waals surface area (Å²) in [5, 5.41) is 14.3. The molecule has 1 amide bonds. The molecule has 0 spiro atoms. The summed E-state index contributed by atoms with van der Waals surface area (Å²) in [5.74, 6) is -2.04. The maximum atomic E-state index is 13.1. The molecule has 3 aromatic rings. The van der Waals surface area contributed by atoms with Gasteiger partial charge >= 0.3 is 5.97 Å². The number of hydrogen-bond donors (Lipinski definition) is 1. The van der Waals surface area contributed by atoms with Crippen LogP contribution in [0.3, 0.4) is 0 Å². The van der Waals surface area contributed by atoms with Crippen LogP contribution >= 0.6 is 22.7 Å². The topological polar surface area (TPSA) is 83.9 Å². The molecular formula is C22H17NO5S2. The van der Waals surface area contributed by atoms with Gasteiger partial charge in [-0.15, -0.1) is 22.7 Å². The third-order valence-corrected chi connectivity index (χ3v) is 6.46. The highest BCUT2D eigenvalue weighted by atomic mass is 32.1. The minimum Gasteiger partial charge on any atom is -0.503 e. The monoisotopic (exact) mass is 439 g/mol. The van der Waals surface area contributed by atoms with Crippen molar-refractivity contribution in [3.05, 3.63) is 85.9 Å². The molecule has 0 unspecified atom stereocenters. The van der Waals surface area contributed by atoms with E-state index >= 15 is 0 Å². The summed E-state index contributed by atoms with van der Waals surface area (Å²) in [4.78, 5) is 40.6. The highest BCUT2D eigenvalue weighted by Crippen LogP contribution is 2.43. The molecule has 1 N–H and O–H groups in total. The average molecular weight is 440 g/mol. The maximum Gasteiger partial charge on any atom is 0.338 e. The molecule has 0 saturated heterocycles. The number of carbonyl (C=O) groups is 3. The van der Waals surface area contributed by atoms with Crippen LogP contribution in [0, 0.1) is 0 Å². The predicted octanol–water partition coefficient (Wildman–Crippen LogP) is 4.77. The van der Waals surface area contributed by atoms with E-state index in [4.69, 9.17) is 4.74 Å². The first kappa shape index (κ1) is 20.1. The van der Waals surface area contributed by atoms with Crippen LogP contribution in [0.4, 0.5) is 5.69 Å². The van der Waals surface area contributed by atoms with Gasteiger partial charge in [-0.05, 0) is 54.1 Å². The van der Waals surface area contributed by atoms with E-state index < -0.39 is 23.7 Å². The number of thiophene rings is 2. The molecule has 1 aromatic carbocycles. The lowest BCUT2D eigenvalue weighted by Crippen LogP contribution is -2.30. The first-order valence-electron chi connectivity index (χ1n) is 9.18. The van der Waals surface area contributed by atoms with E-state index in [0.717, 1.165) is 4.88 Å². The van der Waals surface area contributed by atoms with Crippen molar-refractivity contribution in [1.82, 2.24) is 0 Å². The first-order valence-corrected chi connectivity index (χ1v) is 10.9. The minimum atomic E-state index is -0.749. The highest BCUT2D eigenvalue weighted by molar-refractivity contribution is 7.12. The van der Waals surface area contributed by atoms with Gasteiger partial charge in [0.05, 0.1) is 22.6 Å². The number of esters is 1. The van der Waals surface area contributed by atoms with Crippen LogP contribution in [-0.2, 0) is 9.53 Å². The molecule has 8 heteroatoms. The summed E-state index contributed by atoms with van der Waals surface area (Å²) in [6.45, 7) is 1.99. The second-order valence-electron chi connectivity index (χ2n) is 6.43. The largest absolute Gasteiger partial charge is 0.503 e. The number of aliphatic hydroxyl groups excluding tert-OH is 1. The van der Waals surface area contributed by atoms with Gasteiger partial charge in [-0.25, -0.2) is 4.79 Å². The van der Waals surface area contributed by atoms with E-state index in [-0.39, 0.29) is 18.0 Å². The van der Waals surface area contributed by atoms with Crippen LogP contribution < -0.4 is 4.90 Å². The first-order chi connectivity index (χ1) is 14.5. The Balaban J connectivity index is 1.76. The molecule has 0 saturated carbocycles. The molecule has 4 rings (SSSR count). The van der Waals surface area contributed by atoms with Crippen LogP contribution in [-0.4, -0.2) is 29.4 Å². The second kappa shape index (κ2) is 8.25. The van der Waals surface area contributed by atoms with Crippen LogP contribution in [0.2, 0.25) is 0 Å². The Morgan fingerprint density at radius 3 is 2.37 bits per heavy atom. The van der Waals surface area contributed by atoms with Gasteiger partial charge in [0.25, 0.3) is 5.91 Å². The zero-order valence-corrected chi connectivity index (χ0v) is 17.5. The van der Waals surface area contributed by atoms with Crippen LogP contribution in [0.15, 0.2) is 70.6 Å². The van der Waals surface area contributed by atoms with E-state index in [1.165, 1.54) is 27.6 Å². The molecule has 2 aromatic heterocycles. The quantitative estimate of drug-likeness (QED) is 0.442. The summed E-state index contributed by atoms with van der Waals surface area (Å²) in [6, 6.07) is 12.6. The Morgan fingerprint density at radius 1 is 1.07 bits per heavy atom. The van der Waals surface area contributed by atoms with Crippen molar-refractivity contribution in [2.24, 2.45) is 0 Å². The van der Waals surface area contributed by atoms with E-state index in [0.29, 0.717) is 16.1 Å². The Morgan fingerprint density at radius 2 is 1.77 bits per heavy atom. The fourth-order valence-corrected chi connectivity index (χ4v) is 4.83. The normalized spacial score (nSPS) is 16.2. The van der Waals surface area contributed by atoms with Gasteiger partial charge in [-0.1, -0.05) is 12.1 Å². The number of nitrogens with zero attached hydrogens (tertiary/aromatic N) is 1. The molecule has 0 aliphatic carbocycles. The van der Waals surface area contributed by atoms with E-state index in [1.807, 2.05) is 17.5 Å². The number of ketones is 1. The fraction of sp³-hybridized carbons (Fsp3) is 0.136. The molecule has 6 nitrogen and oxygen atoms in total. The number of ether oxygens (including phenoxy) is 1. The molecule has 30 heavy (non-hydrogen) atoms. The number of carbonyl (C=O) groups excluding carboxylic acids is 3. The molecule has 0 fully saturated rings. The zero-order valence-electron chi connectivity index (χ0n) is 15.9. The smallest absolute Gasteiger partial charge is 0.338 e. The van der Waals surface area contributed by atoms with Crippen molar-refractivity contribution < 1.29 is 24.2 Å². The van der Waals surface area contributed by atoms with Gasteiger partial charge in [-0.3, -0.25) is 14.5 Å². The van der Waals surface area contributed by atoms with Crippen molar-refractivity contribution in [3.8, 4) is 0 Å². The Labute approximate surface area is 180 Å². The van der Waals surface area contributed by atoms with Crippen LogP contribution in [0.1, 0.15) is 37.9 Å². The third kappa shape index (κ3) is 3.44. The Kier molecular flexibility index (Phi) is 5.52. The minimum absolute atomic E-state index is 0.0550. The molecule has 0 radical (unpaired) electrons. The van der Waals surface area contributed by atoms with Gasteiger partial charge in [0.2, 0.25) is 5.78 Å². The van der Waals surface area contributed by atoms with Crippen LogP contribution in [0.5, 0.6) is 0 Å². The molecular weight excluding hydrogens is 422 g/mol. The number of anilines is 1. The molecule has 1 aliphatic heterocycles. The molecule has 1 aliphatic rings. The standard InChI is InChI=1S/C22H17NO5S2/c1-2-28-22(27)13-7-9-14(10-8-13)23-18(15-5-3-11-29-15)17(20(25)21(23)26)19(24)16-6-4-12-30-16/h3-12,18,25H,2H2,1H3/t18-/m1/s1. The van der Waals surface area contributed by atoms with Crippen molar-refractivity contribution in [3.63, 3.8) is 0 Å². The average Bonchev–Trinajstić information content (AvgIpc) is 3.50. The summed E-state index contributed by atoms with van der Waals surface area (Å²) >= 11 is 2.65. The molecule has 3 heterocycles. The lowest BCUT2D eigenvalue weighted by atomic mass is 10.0. The summed E-state index contributed by atoms with van der Waals surface area (Å²) in [7, 11) is 0. The maximum absolute atomic E-state index is 13.1. The second-order valence-corrected chi connectivity index (χ2v) is 8.36. The lowest BCUT2D eigenvalue weighted by molar-refractivity contribution is -0.117. The van der Waals surface area contributed by atoms with Crippen molar-refractivity contribution in [2.75, 3.05) is 11.5 Å². The number of aliphatic hydroxyl groups is 1. The fourth-order valence-electron chi connectivity index (χ4n) is 3.33. The van der Waals surface area contributed by atoms with E-state index in [2.05, 4.69) is 0 Å². The number of rotatable bonds is 6. The summed E-state index contributed by atoms with van der Waals surface area (Å²) in [6.07, 6.45) is 0. The van der Waals surface area contributed by atoms with Gasteiger partial charge in [0, 0.05) is 10.6 Å². The zero-order chi connectivity index (χ0) is 21.3. The summed E-state index contributed by atoms with van der Waals surface area (Å²) < 4.78 is 4.99. The Hall–Kier alpha value is -3.23. The summed E-state index contributed by atoms with van der Waals surface area (Å²) in [5.41, 5.74) is 0.873. The molecule has 1 atom stereocenters. The van der Waals surface area contributed by atoms with Crippen molar-refractivity contribution in [1.29, 1.82) is 0 Å². The number of amides is 1. The van der Waals surface area contributed by atoms with Gasteiger partial charge in [0.15, 0.2) is 5.76 Å². The van der Waals surface area contributed by atoms with Crippen molar-refractivity contribution >= 4 is 46.0 Å². The van der Waals surface area contributed by atoms with Gasteiger partial charge in [-0.2, -0.15) is 0 Å². The SMILES string of the molecule is CCOC(=O)c1ccc(N2C(=O)C(O)=C(C(=O)c3cccs3)[C@H]2c2cccs2)cc1. The Bertz CT molecular complexity index is 1120. The molecule has 152 valence electrons. The van der Waals surface area contributed by atoms with Gasteiger partial charge in [0.1, 0.15) is 6.04 Å². The predicted molar refractivity (Wildman–Crippen MR) is 115 cm³/mol. The lowest BCUT2D eigenvalue weighted by Gasteiger charge is -2.25. The van der Waals surface area contributed by atoms with Crippen LogP contribution in [0.25, 0.3) is 0 Å².